The molecule has 9 nitrogen and oxygen atoms in total. The topological polar surface area (TPSA) is 98.6 Å². The molecule has 2 heterocycles. The van der Waals surface area contributed by atoms with Crippen molar-refractivity contribution in [2.75, 3.05) is 20.7 Å². The normalized spacial score (nSPS) is 19.8. The van der Waals surface area contributed by atoms with E-state index in [2.05, 4.69) is 27.8 Å². The van der Waals surface area contributed by atoms with Crippen molar-refractivity contribution in [2.24, 2.45) is 10.1 Å². The number of rotatable bonds is 14. The Morgan fingerprint density at radius 3 is 2.25 bits per heavy atom. The highest BCUT2D eigenvalue weighted by Gasteiger charge is 2.48. The van der Waals surface area contributed by atoms with Crippen LogP contribution in [0.3, 0.4) is 0 Å². The van der Waals surface area contributed by atoms with Crippen molar-refractivity contribution < 1.29 is 14.3 Å². The van der Waals surface area contributed by atoms with Gasteiger partial charge in [-0.05, 0) is 43.2 Å². The number of carbonyl (C=O) groups excluding carboxylic acids is 2. The van der Waals surface area contributed by atoms with Crippen LogP contribution in [0, 0.1) is 0 Å². The van der Waals surface area contributed by atoms with Gasteiger partial charge in [0.05, 0.1) is 12.8 Å². The highest BCUT2D eigenvalue weighted by Crippen LogP contribution is 2.24. The number of methoxy groups -OCH3 is 1. The van der Waals surface area contributed by atoms with Gasteiger partial charge >= 0.3 is 6.03 Å². The first-order chi connectivity index (χ1) is 17.5. The maximum absolute atomic E-state index is 12.7. The predicted octanol–water partition coefficient (Wildman–Crippen LogP) is 4.48. The average Bonchev–Trinajstić information content (AvgIpc) is 3.26. The molecule has 0 radical (unpaired) electrons. The number of benzene rings is 1. The molecule has 0 aliphatic carbocycles. The number of carbonyl (C=O) groups is 2. The van der Waals surface area contributed by atoms with Crippen molar-refractivity contribution in [2.45, 2.75) is 90.3 Å². The molecular weight excluding hydrogens is 456 g/mol. The number of hydrogen-bond donors (Lipinski definition) is 2. The number of imide groups is 1. The van der Waals surface area contributed by atoms with Gasteiger partial charge in [0.1, 0.15) is 5.75 Å². The van der Waals surface area contributed by atoms with Crippen LogP contribution >= 0.6 is 0 Å². The van der Waals surface area contributed by atoms with Gasteiger partial charge < -0.3 is 14.5 Å². The molecule has 3 amide bonds. The van der Waals surface area contributed by atoms with Crippen molar-refractivity contribution in [1.82, 2.24) is 20.5 Å². The number of hydrogen-bond acceptors (Lipinski definition) is 7. The first-order valence-corrected chi connectivity index (χ1v) is 13.3. The number of likely N-dealkylation sites (N-methyl/N-ethyl adjacent to an activating group) is 1. The smallest absolute Gasteiger partial charge is 0.325 e. The third kappa shape index (κ3) is 7.21. The second-order valence-electron chi connectivity index (χ2n) is 9.63. The summed E-state index contributed by atoms with van der Waals surface area (Å²) < 4.78 is 5.22. The van der Waals surface area contributed by atoms with Gasteiger partial charge in [-0.25, -0.2) is 15.2 Å². The number of nitrogens with zero attached hydrogens (tertiary/aromatic N) is 4. The van der Waals surface area contributed by atoms with Gasteiger partial charge in [0, 0.05) is 13.6 Å². The minimum Gasteiger partial charge on any atom is -0.497 e. The molecule has 2 N–H and O–H groups in total. The molecule has 0 bridgehead atoms. The molecule has 1 fully saturated rings. The van der Waals surface area contributed by atoms with E-state index in [9.17, 15) is 9.59 Å². The zero-order valence-corrected chi connectivity index (χ0v) is 22.3. The molecular formula is C27H42N6O3. The molecule has 2 atom stereocenters. The molecule has 1 aromatic rings. The van der Waals surface area contributed by atoms with Gasteiger partial charge in [0.2, 0.25) is 5.96 Å². The van der Waals surface area contributed by atoms with E-state index in [4.69, 9.17) is 4.74 Å². The number of urea groups is 1. The van der Waals surface area contributed by atoms with Crippen LogP contribution in [0.4, 0.5) is 4.79 Å². The lowest BCUT2D eigenvalue weighted by atomic mass is 10.1. The highest BCUT2D eigenvalue weighted by atomic mass is 16.5. The maximum Gasteiger partial charge on any atom is 0.325 e. The van der Waals surface area contributed by atoms with Crippen molar-refractivity contribution in [1.29, 1.82) is 0 Å². The largest absolute Gasteiger partial charge is 0.497 e. The second-order valence-corrected chi connectivity index (χ2v) is 9.63. The minimum absolute atomic E-state index is 0.313. The lowest BCUT2D eigenvalue weighted by Gasteiger charge is -2.36. The molecule has 2 unspecified atom stereocenters. The van der Waals surface area contributed by atoms with E-state index in [1.54, 1.807) is 14.2 Å². The van der Waals surface area contributed by atoms with E-state index in [1.807, 2.05) is 36.1 Å². The SMILES string of the molecule is CCCCCCCCCCCCN1C(N/N=C(\C)c2ccc(OC)cc2)=NC2C1C(=O)NC(=O)N2C. The molecule has 3 rings (SSSR count). The fraction of sp³-hybridized carbons (Fsp3) is 0.630. The predicted molar refractivity (Wildman–Crippen MR) is 143 cm³/mol. The molecule has 36 heavy (non-hydrogen) atoms. The Morgan fingerprint density at radius 2 is 1.64 bits per heavy atom. The third-order valence-corrected chi connectivity index (χ3v) is 6.94. The minimum atomic E-state index is -0.562. The van der Waals surface area contributed by atoms with Gasteiger partial charge in [0.15, 0.2) is 12.2 Å². The fourth-order valence-electron chi connectivity index (χ4n) is 4.66. The van der Waals surface area contributed by atoms with E-state index in [1.165, 1.54) is 56.3 Å². The first kappa shape index (κ1) is 27.5. The fourth-order valence-corrected chi connectivity index (χ4v) is 4.66. The lowest BCUT2D eigenvalue weighted by molar-refractivity contribution is -0.127. The number of amides is 3. The van der Waals surface area contributed by atoms with Gasteiger partial charge in [-0.2, -0.15) is 5.10 Å². The number of hydrazone groups is 1. The van der Waals surface area contributed by atoms with Crippen LogP contribution in [0.1, 0.15) is 83.6 Å². The standard InChI is InChI=1S/C27H42N6O3/c1-5-6-7-8-9-10-11-12-13-14-19-33-23-24(32(3)27(35)29-25(23)34)28-26(33)31-30-20(2)21-15-17-22(36-4)18-16-21/h15-18,23-24H,5-14,19H2,1-4H3,(H,28,31)(H,29,34,35)/b30-20+. The maximum atomic E-state index is 12.7. The number of fused-ring (bicyclic) bond motifs is 1. The monoisotopic (exact) mass is 498 g/mol. The molecule has 2 aliphatic rings. The van der Waals surface area contributed by atoms with Crippen molar-refractivity contribution in [3.8, 4) is 5.75 Å². The summed E-state index contributed by atoms with van der Waals surface area (Å²) in [6, 6.07) is 6.68. The Kier molecular flexibility index (Phi) is 10.6. The van der Waals surface area contributed by atoms with Gasteiger partial charge in [-0.15, -0.1) is 0 Å². The van der Waals surface area contributed by atoms with Crippen LogP contribution in [-0.4, -0.2) is 66.3 Å². The van der Waals surface area contributed by atoms with Gasteiger partial charge in [-0.3, -0.25) is 10.1 Å². The molecule has 0 spiro atoms. The van der Waals surface area contributed by atoms with E-state index in [0.29, 0.717) is 12.5 Å². The van der Waals surface area contributed by atoms with Crippen molar-refractivity contribution >= 4 is 23.6 Å². The van der Waals surface area contributed by atoms with Crippen molar-refractivity contribution in [3.63, 3.8) is 0 Å². The van der Waals surface area contributed by atoms with Crippen LogP contribution in [0.25, 0.3) is 0 Å². The highest BCUT2D eigenvalue weighted by molar-refractivity contribution is 6.04. The van der Waals surface area contributed by atoms with Gasteiger partial charge in [-0.1, -0.05) is 64.7 Å². The van der Waals surface area contributed by atoms with Gasteiger partial charge in [0.25, 0.3) is 5.91 Å². The van der Waals surface area contributed by atoms with E-state index in [-0.39, 0.29) is 5.91 Å². The molecule has 9 heteroatoms. The number of ether oxygens (including phenoxy) is 1. The lowest BCUT2D eigenvalue weighted by Crippen LogP contribution is -2.64. The number of aliphatic imine (C=N–C) groups is 1. The Balaban J connectivity index is 1.58. The molecule has 1 aromatic carbocycles. The van der Waals surface area contributed by atoms with Crippen LogP contribution in [0.5, 0.6) is 5.75 Å². The van der Waals surface area contributed by atoms with E-state index >= 15 is 0 Å². The van der Waals surface area contributed by atoms with Crippen LogP contribution in [-0.2, 0) is 4.79 Å². The number of unbranched alkanes of at least 4 members (excludes halogenated alkanes) is 9. The third-order valence-electron chi connectivity index (χ3n) is 6.94. The Morgan fingerprint density at radius 1 is 1.03 bits per heavy atom. The summed E-state index contributed by atoms with van der Waals surface area (Å²) >= 11 is 0. The zero-order chi connectivity index (χ0) is 25.9. The van der Waals surface area contributed by atoms with Crippen LogP contribution in [0.2, 0.25) is 0 Å². The second kappa shape index (κ2) is 13.8. The zero-order valence-electron chi connectivity index (χ0n) is 22.3. The summed E-state index contributed by atoms with van der Waals surface area (Å²) in [7, 11) is 3.30. The first-order valence-electron chi connectivity index (χ1n) is 13.3. The molecule has 0 saturated carbocycles. The summed E-state index contributed by atoms with van der Waals surface area (Å²) in [6.07, 6.45) is 11.9. The summed E-state index contributed by atoms with van der Waals surface area (Å²) in [5.41, 5.74) is 4.80. The van der Waals surface area contributed by atoms with E-state index in [0.717, 1.165) is 29.9 Å². The molecule has 2 aliphatic heterocycles. The van der Waals surface area contributed by atoms with E-state index < -0.39 is 18.2 Å². The average molecular weight is 499 g/mol. The number of guanidine groups is 1. The Labute approximate surface area is 215 Å². The summed E-state index contributed by atoms with van der Waals surface area (Å²) in [6.45, 7) is 4.83. The quantitative estimate of drug-likeness (QED) is 0.224. The number of nitrogens with one attached hydrogen (secondary N) is 2. The summed E-state index contributed by atoms with van der Waals surface area (Å²) in [5.74, 6) is 0.988. The van der Waals surface area contributed by atoms with Crippen LogP contribution in [0.15, 0.2) is 34.4 Å². The Hall–Kier alpha value is -3.10. The molecule has 198 valence electrons. The summed E-state index contributed by atoms with van der Waals surface area (Å²) in [5, 5.41) is 6.98. The van der Waals surface area contributed by atoms with Crippen LogP contribution < -0.4 is 15.5 Å². The molecule has 1 saturated heterocycles. The summed E-state index contributed by atoms with van der Waals surface area (Å²) in [4.78, 5) is 33.0. The molecule has 0 aromatic heterocycles. The van der Waals surface area contributed by atoms with Crippen molar-refractivity contribution in [3.05, 3.63) is 29.8 Å². The Bertz CT molecular complexity index is 930.